The lowest BCUT2D eigenvalue weighted by Crippen LogP contribution is -1.99. The summed E-state index contributed by atoms with van der Waals surface area (Å²) < 4.78 is 4.61. The van der Waals surface area contributed by atoms with E-state index in [-0.39, 0.29) is 5.56 Å². The minimum atomic E-state index is -1.02. The van der Waals surface area contributed by atoms with Gasteiger partial charge in [-0.25, -0.2) is 4.79 Å². The number of thiazole rings is 1. The Labute approximate surface area is 83.0 Å². The molecular weight excluding hydrogens is 204 g/mol. The highest BCUT2D eigenvalue weighted by molar-refractivity contribution is 7.09. The molecule has 0 aliphatic rings. The predicted octanol–water partition coefficient (Wildman–Crippen LogP) is 1.42. The molecule has 5 nitrogen and oxygen atoms in total. The molecule has 2 heterocycles. The zero-order chi connectivity index (χ0) is 9.97. The molecule has 2 aromatic rings. The second-order valence-corrected chi connectivity index (χ2v) is 3.60. The molecule has 0 aromatic carbocycles. The molecule has 0 atom stereocenters. The fourth-order valence-electron chi connectivity index (χ4n) is 1.06. The average Bonchev–Trinajstić information content (AvgIpc) is 2.75. The fourth-order valence-corrected chi connectivity index (χ4v) is 1.65. The van der Waals surface area contributed by atoms with Crippen LogP contribution in [0.5, 0.6) is 0 Å². The lowest BCUT2D eigenvalue weighted by Gasteiger charge is -1.92. The Morgan fingerprint density at radius 2 is 2.50 bits per heavy atom. The third-order valence-corrected chi connectivity index (χ3v) is 2.48. The summed E-state index contributed by atoms with van der Waals surface area (Å²) >= 11 is 1.46. The fraction of sp³-hybridized carbons (Fsp3) is 0.125. The van der Waals surface area contributed by atoms with E-state index in [1.165, 1.54) is 11.3 Å². The van der Waals surface area contributed by atoms with Gasteiger partial charge in [-0.15, -0.1) is 11.3 Å². The van der Waals surface area contributed by atoms with Gasteiger partial charge in [0.15, 0.2) is 0 Å². The third-order valence-electron chi connectivity index (χ3n) is 1.70. The number of rotatable bonds is 3. The van der Waals surface area contributed by atoms with Crippen molar-refractivity contribution in [1.29, 1.82) is 0 Å². The van der Waals surface area contributed by atoms with Crippen molar-refractivity contribution in [1.82, 2.24) is 10.1 Å². The van der Waals surface area contributed by atoms with E-state index in [0.717, 1.165) is 11.1 Å². The van der Waals surface area contributed by atoms with Crippen LogP contribution in [0.1, 0.15) is 20.9 Å². The first-order valence-corrected chi connectivity index (χ1v) is 4.69. The van der Waals surface area contributed by atoms with Gasteiger partial charge >= 0.3 is 5.97 Å². The van der Waals surface area contributed by atoms with Gasteiger partial charge in [-0.1, -0.05) is 5.16 Å². The Bertz CT molecular complexity index is 435. The normalized spacial score (nSPS) is 10.3. The Balaban J connectivity index is 2.25. The van der Waals surface area contributed by atoms with Gasteiger partial charge in [0.2, 0.25) is 0 Å². The van der Waals surface area contributed by atoms with Crippen molar-refractivity contribution in [3.05, 3.63) is 34.1 Å². The number of aromatic nitrogens is 2. The van der Waals surface area contributed by atoms with Crippen LogP contribution in [0.4, 0.5) is 0 Å². The first kappa shape index (κ1) is 8.89. The minimum absolute atomic E-state index is 0.110. The lowest BCUT2D eigenvalue weighted by atomic mass is 10.2. The highest BCUT2D eigenvalue weighted by atomic mass is 32.1. The van der Waals surface area contributed by atoms with Gasteiger partial charge in [0.25, 0.3) is 0 Å². The van der Waals surface area contributed by atoms with Crippen LogP contribution in [0.3, 0.4) is 0 Å². The van der Waals surface area contributed by atoms with E-state index in [1.54, 1.807) is 11.7 Å². The standard InChI is InChI=1S/C8H6N2O3S/c11-8(12)6-3-13-10-7(6)1-5-2-9-4-14-5/h2-4H,1H2,(H,11,12). The van der Waals surface area contributed by atoms with E-state index in [1.807, 2.05) is 0 Å². The summed E-state index contributed by atoms with van der Waals surface area (Å²) in [5.74, 6) is -1.02. The maximum atomic E-state index is 10.7. The Morgan fingerprint density at radius 3 is 3.14 bits per heavy atom. The van der Waals surface area contributed by atoms with E-state index in [4.69, 9.17) is 5.11 Å². The Morgan fingerprint density at radius 1 is 1.64 bits per heavy atom. The van der Waals surface area contributed by atoms with Crippen molar-refractivity contribution < 1.29 is 14.4 Å². The van der Waals surface area contributed by atoms with Crippen LogP contribution in [-0.2, 0) is 6.42 Å². The van der Waals surface area contributed by atoms with Gasteiger partial charge in [-0.05, 0) is 0 Å². The molecule has 14 heavy (non-hydrogen) atoms. The molecule has 0 radical (unpaired) electrons. The van der Waals surface area contributed by atoms with Crippen LogP contribution in [0.15, 0.2) is 22.5 Å². The molecule has 0 aliphatic heterocycles. The second-order valence-electron chi connectivity index (χ2n) is 2.62. The van der Waals surface area contributed by atoms with E-state index in [2.05, 4.69) is 14.7 Å². The van der Waals surface area contributed by atoms with Crippen molar-refractivity contribution in [2.45, 2.75) is 6.42 Å². The quantitative estimate of drug-likeness (QED) is 0.829. The largest absolute Gasteiger partial charge is 0.478 e. The Hall–Kier alpha value is -1.69. The number of carbonyl (C=O) groups is 1. The maximum Gasteiger partial charge on any atom is 0.340 e. The highest BCUT2D eigenvalue weighted by Crippen LogP contribution is 2.15. The van der Waals surface area contributed by atoms with E-state index in [9.17, 15) is 4.79 Å². The lowest BCUT2D eigenvalue weighted by molar-refractivity contribution is 0.0695. The minimum Gasteiger partial charge on any atom is -0.478 e. The van der Waals surface area contributed by atoms with Crippen LogP contribution in [0.25, 0.3) is 0 Å². The molecule has 1 N–H and O–H groups in total. The summed E-state index contributed by atoms with van der Waals surface area (Å²) in [5.41, 5.74) is 2.23. The van der Waals surface area contributed by atoms with E-state index in [0.29, 0.717) is 12.1 Å². The van der Waals surface area contributed by atoms with Gasteiger partial charge in [-0.2, -0.15) is 0 Å². The molecule has 0 fully saturated rings. The molecule has 0 saturated heterocycles. The monoisotopic (exact) mass is 210 g/mol. The molecule has 0 amide bonds. The number of carboxylic acids is 1. The highest BCUT2D eigenvalue weighted by Gasteiger charge is 2.15. The number of nitrogens with zero attached hydrogens (tertiary/aromatic N) is 2. The zero-order valence-corrected chi connectivity index (χ0v) is 7.82. The summed E-state index contributed by atoms with van der Waals surface area (Å²) in [5, 5.41) is 12.4. The number of hydrogen-bond donors (Lipinski definition) is 1. The molecule has 6 heteroatoms. The summed E-state index contributed by atoms with van der Waals surface area (Å²) in [6.45, 7) is 0. The third kappa shape index (κ3) is 1.64. The molecule has 0 aliphatic carbocycles. The van der Waals surface area contributed by atoms with Crippen LogP contribution < -0.4 is 0 Å². The summed E-state index contributed by atoms with van der Waals surface area (Å²) in [6.07, 6.45) is 3.27. The van der Waals surface area contributed by atoms with Gasteiger partial charge < -0.3 is 9.63 Å². The number of aromatic carboxylic acids is 1. The topological polar surface area (TPSA) is 76.2 Å². The zero-order valence-electron chi connectivity index (χ0n) is 7.01. The van der Waals surface area contributed by atoms with Crippen LogP contribution >= 0.6 is 11.3 Å². The van der Waals surface area contributed by atoms with Gasteiger partial charge in [0, 0.05) is 17.5 Å². The SMILES string of the molecule is O=C(O)c1conc1Cc1cncs1. The van der Waals surface area contributed by atoms with Crippen LogP contribution in [-0.4, -0.2) is 21.2 Å². The maximum absolute atomic E-state index is 10.7. The molecule has 0 unspecified atom stereocenters. The van der Waals surface area contributed by atoms with Gasteiger partial charge in [0.1, 0.15) is 17.5 Å². The molecule has 0 bridgehead atoms. The summed E-state index contributed by atoms with van der Waals surface area (Å²) in [4.78, 5) is 15.5. The van der Waals surface area contributed by atoms with Crippen molar-refractivity contribution in [3.8, 4) is 0 Å². The summed E-state index contributed by atoms with van der Waals surface area (Å²) in [6, 6.07) is 0. The Kier molecular flexibility index (Phi) is 2.28. The van der Waals surface area contributed by atoms with Crippen molar-refractivity contribution in [3.63, 3.8) is 0 Å². The molecule has 0 saturated carbocycles. The predicted molar refractivity (Wildman–Crippen MR) is 48.4 cm³/mol. The van der Waals surface area contributed by atoms with Crippen LogP contribution in [0.2, 0.25) is 0 Å². The first-order valence-electron chi connectivity index (χ1n) is 3.81. The summed E-state index contributed by atoms with van der Waals surface area (Å²) in [7, 11) is 0. The smallest absolute Gasteiger partial charge is 0.340 e. The number of hydrogen-bond acceptors (Lipinski definition) is 5. The van der Waals surface area contributed by atoms with Gasteiger partial charge in [0.05, 0.1) is 5.51 Å². The van der Waals surface area contributed by atoms with Crippen molar-refractivity contribution in [2.75, 3.05) is 0 Å². The molecule has 2 rings (SSSR count). The molecular formula is C8H6N2O3S. The van der Waals surface area contributed by atoms with E-state index < -0.39 is 5.97 Å². The molecule has 0 spiro atoms. The van der Waals surface area contributed by atoms with Gasteiger partial charge in [-0.3, -0.25) is 4.98 Å². The number of carboxylic acid groups (broad SMARTS) is 1. The van der Waals surface area contributed by atoms with Crippen LogP contribution in [0, 0.1) is 0 Å². The average molecular weight is 210 g/mol. The molecule has 2 aromatic heterocycles. The van der Waals surface area contributed by atoms with Crippen molar-refractivity contribution >= 4 is 17.3 Å². The second kappa shape index (κ2) is 3.59. The van der Waals surface area contributed by atoms with E-state index >= 15 is 0 Å². The molecule has 72 valence electrons. The van der Waals surface area contributed by atoms with Crippen molar-refractivity contribution in [2.24, 2.45) is 0 Å². The first-order chi connectivity index (χ1) is 6.77.